The Hall–Kier alpha value is -6.33. The lowest BCUT2D eigenvalue weighted by molar-refractivity contribution is 1.01. The molecule has 3 aromatic heterocycles. The van der Waals surface area contributed by atoms with Gasteiger partial charge >= 0.3 is 0 Å². The minimum atomic E-state index is -0.118. The summed E-state index contributed by atoms with van der Waals surface area (Å²) in [6.07, 6.45) is 0. The zero-order valence-corrected chi connectivity index (χ0v) is 24.5. The first-order chi connectivity index (χ1) is 22.7. The lowest BCUT2D eigenvalue weighted by atomic mass is 9.98. The van der Waals surface area contributed by atoms with E-state index in [1.165, 1.54) is 5.39 Å². The second kappa shape index (κ2) is 9.34. The van der Waals surface area contributed by atoms with E-state index in [9.17, 15) is 4.79 Å². The van der Waals surface area contributed by atoms with E-state index in [2.05, 4.69) is 101 Å². The first kappa shape index (κ1) is 25.0. The van der Waals surface area contributed by atoms with Gasteiger partial charge in [0.25, 0.3) is 5.56 Å². The predicted molar refractivity (Wildman–Crippen MR) is 190 cm³/mol. The molecular formula is C41H24N4O. The lowest BCUT2D eigenvalue weighted by Crippen LogP contribution is -2.07. The van der Waals surface area contributed by atoms with Gasteiger partial charge in [0.2, 0.25) is 5.95 Å². The zero-order valence-electron chi connectivity index (χ0n) is 24.5. The fourth-order valence-corrected chi connectivity index (χ4v) is 7.20. The Labute approximate surface area is 262 Å². The second-order valence-corrected chi connectivity index (χ2v) is 11.9. The number of hydrogen-bond donors (Lipinski definition) is 1. The SMILES string of the molecule is O=c1[nH]c2ccc3ccccc3c2c2cc3c4ccccc4n(-c4nc(-c5ccc6ccccc6c5)c5ccccc5n4)c3cc12. The summed E-state index contributed by atoms with van der Waals surface area (Å²) in [5, 5.41) is 10.3. The van der Waals surface area contributed by atoms with Gasteiger partial charge in [-0.1, -0.05) is 103 Å². The highest BCUT2D eigenvalue weighted by Crippen LogP contribution is 2.38. The van der Waals surface area contributed by atoms with Crippen molar-refractivity contribution < 1.29 is 0 Å². The first-order valence-electron chi connectivity index (χ1n) is 15.4. The van der Waals surface area contributed by atoms with Gasteiger partial charge in [-0.25, -0.2) is 9.97 Å². The number of nitrogens with zero attached hydrogens (tertiary/aromatic N) is 3. The average molecular weight is 589 g/mol. The van der Waals surface area contributed by atoms with Gasteiger partial charge in [-0.2, -0.15) is 0 Å². The van der Waals surface area contributed by atoms with Crippen molar-refractivity contribution in [3.63, 3.8) is 0 Å². The van der Waals surface area contributed by atoms with Gasteiger partial charge in [-0.05, 0) is 63.3 Å². The van der Waals surface area contributed by atoms with E-state index in [1.807, 2.05) is 48.5 Å². The minimum Gasteiger partial charge on any atom is -0.321 e. The molecule has 10 aromatic rings. The number of pyridine rings is 1. The highest BCUT2D eigenvalue weighted by Gasteiger charge is 2.19. The minimum absolute atomic E-state index is 0.118. The molecule has 3 heterocycles. The molecule has 46 heavy (non-hydrogen) atoms. The Kier molecular flexibility index (Phi) is 5.08. The topological polar surface area (TPSA) is 63.6 Å². The predicted octanol–water partition coefficient (Wildman–Crippen LogP) is 9.69. The third-order valence-electron chi connectivity index (χ3n) is 9.32. The third-order valence-corrected chi connectivity index (χ3v) is 9.32. The monoisotopic (exact) mass is 588 g/mol. The van der Waals surface area contributed by atoms with E-state index in [1.54, 1.807) is 0 Å². The summed E-state index contributed by atoms with van der Waals surface area (Å²) < 4.78 is 2.10. The Morgan fingerprint density at radius 2 is 1.22 bits per heavy atom. The highest BCUT2D eigenvalue weighted by molar-refractivity contribution is 6.23. The molecule has 0 atom stereocenters. The van der Waals surface area contributed by atoms with Crippen molar-refractivity contribution in [2.24, 2.45) is 0 Å². The number of nitrogens with one attached hydrogen (secondary N) is 1. The van der Waals surface area contributed by atoms with E-state index in [0.717, 1.165) is 76.4 Å². The highest BCUT2D eigenvalue weighted by atomic mass is 16.1. The molecule has 0 unspecified atom stereocenters. The number of rotatable bonds is 2. The van der Waals surface area contributed by atoms with Crippen LogP contribution in [0.1, 0.15) is 0 Å². The maximum absolute atomic E-state index is 13.7. The fourth-order valence-electron chi connectivity index (χ4n) is 7.20. The molecule has 0 aliphatic carbocycles. The molecule has 5 heteroatoms. The van der Waals surface area contributed by atoms with Gasteiger partial charge in [0.15, 0.2) is 0 Å². The maximum Gasteiger partial charge on any atom is 0.256 e. The molecule has 0 fully saturated rings. The molecule has 0 aliphatic rings. The van der Waals surface area contributed by atoms with Crippen molar-refractivity contribution in [3.8, 4) is 17.2 Å². The van der Waals surface area contributed by atoms with Gasteiger partial charge in [-0.15, -0.1) is 0 Å². The zero-order chi connectivity index (χ0) is 30.4. The largest absolute Gasteiger partial charge is 0.321 e. The molecule has 0 saturated heterocycles. The van der Waals surface area contributed by atoms with Gasteiger partial charge < -0.3 is 4.98 Å². The molecule has 0 aliphatic heterocycles. The fraction of sp³-hybridized carbons (Fsp3) is 0. The van der Waals surface area contributed by atoms with Crippen LogP contribution in [0.25, 0.3) is 93.1 Å². The standard InChI is InChI=1S/C41H24N4O/c46-40-33-23-37-31(22-32(33)38-28-12-4-3-10-25(28)19-20-35(38)42-40)29-13-6-8-16-36(29)45(37)41-43-34-15-7-5-14-30(34)39(44-41)27-18-17-24-9-1-2-11-26(24)21-27/h1-23H,(H,42,46). The van der Waals surface area contributed by atoms with Crippen molar-refractivity contribution in [2.45, 2.75) is 0 Å². The van der Waals surface area contributed by atoms with Crippen LogP contribution in [0.15, 0.2) is 144 Å². The van der Waals surface area contributed by atoms with Crippen LogP contribution in [0.3, 0.4) is 0 Å². The summed E-state index contributed by atoms with van der Waals surface area (Å²) in [5.41, 5.74) is 5.34. The van der Waals surface area contributed by atoms with Crippen LogP contribution in [-0.2, 0) is 0 Å². The Bertz CT molecular complexity index is 2950. The van der Waals surface area contributed by atoms with Crippen LogP contribution in [0, 0.1) is 0 Å². The number of aromatic amines is 1. The van der Waals surface area contributed by atoms with Crippen molar-refractivity contribution in [2.75, 3.05) is 0 Å². The molecule has 0 amide bonds. The van der Waals surface area contributed by atoms with Gasteiger partial charge in [-0.3, -0.25) is 9.36 Å². The van der Waals surface area contributed by atoms with E-state index >= 15 is 0 Å². The Balaban J connectivity index is 1.33. The summed E-state index contributed by atoms with van der Waals surface area (Å²) in [5.74, 6) is 0.565. The summed E-state index contributed by atoms with van der Waals surface area (Å²) in [6, 6.07) is 47.9. The van der Waals surface area contributed by atoms with Gasteiger partial charge in [0.05, 0.1) is 22.2 Å². The average Bonchev–Trinajstić information content (AvgIpc) is 3.43. The van der Waals surface area contributed by atoms with Crippen molar-refractivity contribution in [1.82, 2.24) is 19.5 Å². The van der Waals surface area contributed by atoms with Crippen LogP contribution >= 0.6 is 0 Å². The molecule has 0 radical (unpaired) electrons. The van der Waals surface area contributed by atoms with Crippen LogP contribution in [0.4, 0.5) is 0 Å². The number of fused-ring (bicyclic) bond motifs is 10. The Morgan fingerprint density at radius 3 is 2.11 bits per heavy atom. The van der Waals surface area contributed by atoms with E-state index in [-0.39, 0.29) is 5.56 Å². The van der Waals surface area contributed by atoms with Crippen LogP contribution in [0.5, 0.6) is 0 Å². The molecule has 214 valence electrons. The van der Waals surface area contributed by atoms with Crippen molar-refractivity contribution in [1.29, 1.82) is 0 Å². The molecule has 0 spiro atoms. The summed E-state index contributed by atoms with van der Waals surface area (Å²) >= 11 is 0. The molecule has 1 N–H and O–H groups in total. The number of H-pyrrole nitrogens is 1. The normalized spacial score (nSPS) is 12.0. The van der Waals surface area contributed by atoms with Gasteiger partial charge in [0.1, 0.15) is 0 Å². The number of para-hydroxylation sites is 2. The first-order valence-corrected chi connectivity index (χ1v) is 15.4. The molecule has 10 rings (SSSR count). The van der Waals surface area contributed by atoms with Crippen LogP contribution in [-0.4, -0.2) is 19.5 Å². The lowest BCUT2D eigenvalue weighted by Gasteiger charge is -2.13. The number of hydrogen-bond acceptors (Lipinski definition) is 3. The van der Waals surface area contributed by atoms with E-state index in [0.29, 0.717) is 11.3 Å². The number of aromatic nitrogens is 4. The van der Waals surface area contributed by atoms with Crippen LogP contribution in [0.2, 0.25) is 0 Å². The van der Waals surface area contributed by atoms with Crippen LogP contribution < -0.4 is 5.56 Å². The quantitative estimate of drug-likeness (QED) is 0.205. The van der Waals surface area contributed by atoms with Crippen molar-refractivity contribution >= 4 is 75.9 Å². The number of benzene rings is 7. The maximum atomic E-state index is 13.7. The molecule has 0 bridgehead atoms. The van der Waals surface area contributed by atoms with Gasteiger partial charge in [0, 0.05) is 38.0 Å². The smallest absolute Gasteiger partial charge is 0.256 e. The molecule has 7 aromatic carbocycles. The Morgan fingerprint density at radius 1 is 0.500 bits per heavy atom. The summed E-state index contributed by atoms with van der Waals surface area (Å²) in [7, 11) is 0. The third kappa shape index (κ3) is 3.54. The molecule has 0 saturated carbocycles. The summed E-state index contributed by atoms with van der Waals surface area (Å²) in [4.78, 5) is 27.2. The van der Waals surface area contributed by atoms with E-state index < -0.39 is 0 Å². The van der Waals surface area contributed by atoms with E-state index in [4.69, 9.17) is 9.97 Å². The molecule has 5 nitrogen and oxygen atoms in total. The second-order valence-electron chi connectivity index (χ2n) is 11.9. The van der Waals surface area contributed by atoms with Crippen molar-refractivity contribution in [3.05, 3.63) is 150 Å². The summed E-state index contributed by atoms with van der Waals surface area (Å²) in [6.45, 7) is 0. The molecular weight excluding hydrogens is 564 g/mol.